The minimum Gasteiger partial charge on any atom is -0.324 e. The molecule has 0 fully saturated rings. The number of nitrogens with zero attached hydrogens (tertiary/aromatic N) is 1. The van der Waals surface area contributed by atoms with Crippen molar-refractivity contribution in [2.24, 2.45) is 0 Å². The van der Waals surface area contributed by atoms with Gasteiger partial charge in [-0.2, -0.15) is 13.2 Å². The van der Waals surface area contributed by atoms with Crippen LogP contribution in [0, 0.1) is 0 Å². The molecule has 1 N–H and O–H groups in total. The standard InChI is InChI=1S/C24H15ClF4N2O3/c25-15-9-5-13(6-10-15)19(26)20(31-22(33)17-3-1-2-4-18(17)23(31)34)21(32)30-16-11-7-14(8-12-16)24(27,28)29/h1-12,19-20H,(H,30,32)/t19-,20-/m0/s1. The van der Waals surface area contributed by atoms with Gasteiger partial charge in [0.2, 0.25) is 0 Å². The fourth-order valence-corrected chi connectivity index (χ4v) is 3.76. The Labute approximate surface area is 195 Å². The minimum absolute atomic E-state index is 0.0168. The number of imide groups is 1. The second-order valence-electron chi connectivity index (χ2n) is 7.49. The van der Waals surface area contributed by atoms with Crippen LogP contribution in [0.1, 0.15) is 38.0 Å². The highest BCUT2D eigenvalue weighted by molar-refractivity contribution is 6.30. The molecule has 0 saturated carbocycles. The normalized spacial score (nSPS) is 15.1. The first-order valence-electron chi connectivity index (χ1n) is 9.92. The van der Waals surface area contributed by atoms with Gasteiger partial charge in [0.15, 0.2) is 12.2 Å². The summed E-state index contributed by atoms with van der Waals surface area (Å²) in [6, 6.07) is 12.8. The molecule has 5 nitrogen and oxygen atoms in total. The van der Waals surface area contributed by atoms with Crippen molar-refractivity contribution in [1.29, 1.82) is 0 Å². The molecule has 1 aliphatic rings. The number of amides is 3. The smallest absolute Gasteiger partial charge is 0.324 e. The van der Waals surface area contributed by atoms with Gasteiger partial charge in [0.05, 0.1) is 16.7 Å². The highest BCUT2D eigenvalue weighted by Gasteiger charge is 2.47. The number of hydrogen-bond acceptors (Lipinski definition) is 3. The van der Waals surface area contributed by atoms with Gasteiger partial charge >= 0.3 is 6.18 Å². The van der Waals surface area contributed by atoms with E-state index in [2.05, 4.69) is 5.32 Å². The highest BCUT2D eigenvalue weighted by atomic mass is 35.5. The molecule has 1 heterocycles. The van der Waals surface area contributed by atoms with E-state index in [4.69, 9.17) is 11.6 Å². The lowest BCUT2D eigenvalue weighted by Crippen LogP contribution is -2.49. The van der Waals surface area contributed by atoms with Crippen LogP contribution in [0.3, 0.4) is 0 Å². The van der Waals surface area contributed by atoms with E-state index in [1.807, 2.05) is 0 Å². The molecule has 0 spiro atoms. The van der Waals surface area contributed by atoms with Gasteiger partial charge in [-0.25, -0.2) is 4.39 Å². The number of alkyl halides is 4. The summed E-state index contributed by atoms with van der Waals surface area (Å²) < 4.78 is 54.2. The van der Waals surface area contributed by atoms with Gasteiger partial charge in [-0.3, -0.25) is 19.3 Å². The Morgan fingerprint density at radius 1 is 0.853 bits per heavy atom. The summed E-state index contributed by atoms with van der Waals surface area (Å²) in [6.07, 6.45) is -6.72. The molecule has 0 unspecified atom stereocenters. The fourth-order valence-electron chi connectivity index (χ4n) is 3.63. The van der Waals surface area contributed by atoms with E-state index >= 15 is 4.39 Å². The van der Waals surface area contributed by atoms with Gasteiger partial charge in [-0.15, -0.1) is 0 Å². The summed E-state index contributed by atoms with van der Waals surface area (Å²) >= 11 is 5.84. The van der Waals surface area contributed by atoms with E-state index in [1.54, 1.807) is 0 Å². The van der Waals surface area contributed by atoms with E-state index < -0.39 is 41.7 Å². The number of carbonyl (C=O) groups is 3. The van der Waals surface area contributed by atoms with Crippen molar-refractivity contribution in [3.8, 4) is 0 Å². The third kappa shape index (κ3) is 4.38. The lowest BCUT2D eigenvalue weighted by molar-refractivity contribution is -0.137. The average molecular weight is 491 g/mol. The molecule has 3 aromatic carbocycles. The summed E-state index contributed by atoms with van der Waals surface area (Å²) in [5.74, 6) is -2.80. The lowest BCUT2D eigenvalue weighted by atomic mass is 10.0. The van der Waals surface area contributed by atoms with E-state index in [0.29, 0.717) is 9.92 Å². The maximum Gasteiger partial charge on any atom is 0.416 e. The summed E-state index contributed by atoms with van der Waals surface area (Å²) in [5, 5.41) is 2.62. The SMILES string of the molecule is O=C(Nc1ccc(C(F)(F)F)cc1)[C@H]([C@@H](F)c1ccc(Cl)cc1)N1C(=O)c2ccccc2C1=O. The van der Waals surface area contributed by atoms with Crippen molar-refractivity contribution >= 4 is 35.0 Å². The zero-order chi connectivity index (χ0) is 24.6. The van der Waals surface area contributed by atoms with Crippen LogP contribution in [0.4, 0.5) is 23.2 Å². The molecule has 1 aliphatic heterocycles. The summed E-state index contributed by atoms with van der Waals surface area (Å²) in [5.41, 5.74) is -0.991. The second kappa shape index (κ2) is 8.90. The molecule has 0 aliphatic carbocycles. The minimum atomic E-state index is -4.58. The Kier molecular flexibility index (Phi) is 6.14. The number of fused-ring (bicyclic) bond motifs is 1. The van der Waals surface area contributed by atoms with Gasteiger partial charge in [-0.1, -0.05) is 35.9 Å². The van der Waals surface area contributed by atoms with E-state index in [1.165, 1.54) is 48.5 Å². The third-order valence-electron chi connectivity index (χ3n) is 5.32. The molecule has 0 aromatic heterocycles. The van der Waals surface area contributed by atoms with Crippen LogP contribution in [0.5, 0.6) is 0 Å². The Bertz CT molecular complexity index is 1230. The number of benzene rings is 3. The highest BCUT2D eigenvalue weighted by Crippen LogP contribution is 2.34. The quantitative estimate of drug-likeness (QED) is 0.370. The monoisotopic (exact) mass is 490 g/mol. The molecule has 2 atom stereocenters. The van der Waals surface area contributed by atoms with Crippen LogP contribution < -0.4 is 5.32 Å². The van der Waals surface area contributed by atoms with Crippen molar-refractivity contribution in [3.63, 3.8) is 0 Å². The molecule has 34 heavy (non-hydrogen) atoms. The number of rotatable bonds is 5. The molecular formula is C24H15ClF4N2O3. The first-order chi connectivity index (χ1) is 16.1. The van der Waals surface area contributed by atoms with Crippen LogP contribution in [0.25, 0.3) is 0 Å². The van der Waals surface area contributed by atoms with Crippen LogP contribution in [-0.2, 0) is 11.0 Å². The summed E-state index contributed by atoms with van der Waals surface area (Å²) in [4.78, 5) is 39.6. The third-order valence-corrected chi connectivity index (χ3v) is 5.57. The topological polar surface area (TPSA) is 66.5 Å². The number of halogens is 5. The maximum absolute atomic E-state index is 15.7. The molecule has 0 radical (unpaired) electrons. The summed E-state index contributed by atoms with van der Waals surface area (Å²) in [6.45, 7) is 0. The van der Waals surface area contributed by atoms with E-state index in [0.717, 1.165) is 24.3 Å². The molecule has 0 saturated heterocycles. The van der Waals surface area contributed by atoms with Crippen LogP contribution >= 0.6 is 11.6 Å². The molecule has 174 valence electrons. The Morgan fingerprint density at radius 3 is 1.88 bits per heavy atom. The molecule has 4 rings (SSSR count). The van der Waals surface area contributed by atoms with Crippen molar-refractivity contribution in [2.75, 3.05) is 5.32 Å². The van der Waals surface area contributed by atoms with Gasteiger partial charge in [-0.05, 0) is 54.1 Å². The van der Waals surface area contributed by atoms with Gasteiger partial charge in [0.25, 0.3) is 17.7 Å². The predicted molar refractivity (Wildman–Crippen MR) is 116 cm³/mol. The van der Waals surface area contributed by atoms with E-state index in [-0.39, 0.29) is 22.4 Å². The summed E-state index contributed by atoms with van der Waals surface area (Å²) in [7, 11) is 0. The predicted octanol–water partition coefficient (Wildman–Crippen LogP) is 5.67. The zero-order valence-corrected chi connectivity index (χ0v) is 17.9. The van der Waals surface area contributed by atoms with Crippen molar-refractivity contribution < 1.29 is 31.9 Å². The van der Waals surface area contributed by atoms with Crippen LogP contribution in [-0.4, -0.2) is 28.7 Å². The largest absolute Gasteiger partial charge is 0.416 e. The molecule has 3 aromatic rings. The molecule has 3 amide bonds. The first-order valence-corrected chi connectivity index (χ1v) is 10.3. The van der Waals surface area contributed by atoms with Crippen molar-refractivity contribution in [2.45, 2.75) is 18.4 Å². The van der Waals surface area contributed by atoms with Crippen molar-refractivity contribution in [1.82, 2.24) is 4.90 Å². The Morgan fingerprint density at radius 2 is 1.38 bits per heavy atom. The van der Waals surface area contributed by atoms with Gasteiger partial charge < -0.3 is 5.32 Å². The second-order valence-corrected chi connectivity index (χ2v) is 7.92. The Balaban J connectivity index is 1.69. The number of nitrogens with one attached hydrogen (secondary N) is 1. The number of anilines is 1. The Hall–Kier alpha value is -3.72. The number of hydrogen-bond donors (Lipinski definition) is 1. The average Bonchev–Trinajstić information content (AvgIpc) is 3.05. The first kappa shape index (κ1) is 23.4. The van der Waals surface area contributed by atoms with Crippen LogP contribution in [0.2, 0.25) is 5.02 Å². The van der Waals surface area contributed by atoms with Gasteiger partial charge in [0.1, 0.15) is 0 Å². The lowest BCUT2D eigenvalue weighted by Gasteiger charge is -2.28. The maximum atomic E-state index is 15.7. The molecule has 0 bridgehead atoms. The molecule has 10 heteroatoms. The van der Waals surface area contributed by atoms with Crippen LogP contribution in [0.15, 0.2) is 72.8 Å². The number of carbonyl (C=O) groups excluding carboxylic acids is 3. The molecular weight excluding hydrogens is 476 g/mol. The van der Waals surface area contributed by atoms with Crippen molar-refractivity contribution in [3.05, 3.63) is 100 Å². The fraction of sp³-hybridized carbons (Fsp3) is 0.125. The van der Waals surface area contributed by atoms with Gasteiger partial charge in [0, 0.05) is 10.7 Å². The zero-order valence-electron chi connectivity index (χ0n) is 17.1. The van der Waals surface area contributed by atoms with E-state index in [9.17, 15) is 27.6 Å².